The number of rotatable bonds is 7. The average molecular weight is 344 g/mol. The highest BCUT2D eigenvalue weighted by molar-refractivity contribution is 5.79. The van der Waals surface area contributed by atoms with E-state index in [9.17, 15) is 9.18 Å². The molecule has 3 rings (SSSR count). The molecule has 0 bridgehead atoms. The Morgan fingerprint density at radius 2 is 1.92 bits per heavy atom. The van der Waals surface area contributed by atoms with Crippen molar-refractivity contribution < 1.29 is 13.6 Å². The Bertz CT molecular complexity index is 722. The van der Waals surface area contributed by atoms with Crippen LogP contribution in [-0.2, 0) is 11.3 Å². The van der Waals surface area contributed by atoms with E-state index in [1.807, 2.05) is 42.8 Å². The molecular weight excluding hydrogens is 319 g/mol. The van der Waals surface area contributed by atoms with E-state index < -0.39 is 0 Å². The Kier molecular flexibility index (Phi) is 5.23. The fraction of sp³-hybridized carbons (Fsp3) is 0.450. The lowest BCUT2D eigenvalue weighted by molar-refractivity contribution is -0.134. The smallest absolute Gasteiger partial charge is 0.237 e. The molecule has 5 heteroatoms. The van der Waals surface area contributed by atoms with Gasteiger partial charge in [0.1, 0.15) is 17.3 Å². The number of carbonyl (C=O) groups is 1. The monoisotopic (exact) mass is 344 g/mol. The van der Waals surface area contributed by atoms with E-state index in [4.69, 9.17) is 4.42 Å². The van der Waals surface area contributed by atoms with Crippen molar-refractivity contribution in [2.45, 2.75) is 45.3 Å². The molecular formula is C20H25FN2O2. The molecule has 1 aliphatic rings. The third-order valence-corrected chi connectivity index (χ3v) is 4.83. The van der Waals surface area contributed by atoms with Crippen LogP contribution in [0.5, 0.6) is 0 Å². The fourth-order valence-electron chi connectivity index (χ4n) is 2.98. The quantitative estimate of drug-likeness (QED) is 0.764. The normalized spacial score (nSPS) is 15.4. The minimum atomic E-state index is -0.247. The number of hydrogen-bond donors (Lipinski definition) is 0. The Balaban J connectivity index is 1.63. The first-order valence-electron chi connectivity index (χ1n) is 8.74. The lowest BCUT2D eigenvalue weighted by Crippen LogP contribution is -2.40. The number of carbonyl (C=O) groups excluding carboxylic acids is 1. The Labute approximate surface area is 148 Å². The maximum absolute atomic E-state index is 13.1. The molecule has 1 unspecified atom stereocenters. The molecule has 0 spiro atoms. The second-order valence-electron chi connectivity index (χ2n) is 6.91. The van der Waals surface area contributed by atoms with Crippen molar-refractivity contribution >= 4 is 5.91 Å². The Morgan fingerprint density at radius 1 is 1.24 bits per heavy atom. The molecule has 25 heavy (non-hydrogen) atoms. The van der Waals surface area contributed by atoms with Gasteiger partial charge < -0.3 is 9.32 Å². The van der Waals surface area contributed by atoms with Crippen LogP contribution in [0, 0.1) is 12.7 Å². The number of halogens is 1. The highest BCUT2D eigenvalue weighted by Gasteiger charge is 2.33. The molecule has 2 aromatic rings. The lowest BCUT2D eigenvalue weighted by atomic mass is 10.1. The molecule has 0 radical (unpaired) electrons. The number of nitrogens with zero attached hydrogens (tertiary/aromatic N) is 2. The van der Waals surface area contributed by atoms with Crippen molar-refractivity contribution in [3.63, 3.8) is 0 Å². The molecule has 1 saturated carbocycles. The zero-order chi connectivity index (χ0) is 18.0. The van der Waals surface area contributed by atoms with Crippen molar-refractivity contribution in [1.29, 1.82) is 0 Å². The van der Waals surface area contributed by atoms with Gasteiger partial charge in [-0.15, -0.1) is 0 Å². The van der Waals surface area contributed by atoms with Crippen LogP contribution in [0.3, 0.4) is 0 Å². The first-order valence-corrected chi connectivity index (χ1v) is 8.74. The second kappa shape index (κ2) is 7.40. The van der Waals surface area contributed by atoms with Crippen molar-refractivity contribution in [3.8, 4) is 0 Å². The predicted octanol–water partition coefficient (Wildman–Crippen LogP) is 3.91. The van der Waals surface area contributed by atoms with Crippen molar-refractivity contribution in [2.24, 2.45) is 0 Å². The number of likely N-dealkylation sites (N-methyl/N-ethyl adjacent to an activating group) is 1. The van der Waals surface area contributed by atoms with E-state index in [1.165, 1.54) is 12.1 Å². The van der Waals surface area contributed by atoms with E-state index in [1.54, 1.807) is 12.1 Å². The first kappa shape index (κ1) is 17.7. The van der Waals surface area contributed by atoms with Crippen LogP contribution in [-0.4, -0.2) is 35.3 Å². The summed E-state index contributed by atoms with van der Waals surface area (Å²) in [5.41, 5.74) is 0.997. The highest BCUT2D eigenvalue weighted by atomic mass is 19.1. The molecule has 1 aromatic heterocycles. The Hall–Kier alpha value is -2.14. The van der Waals surface area contributed by atoms with Gasteiger partial charge in [-0.05, 0) is 63.6 Å². The Morgan fingerprint density at radius 3 is 2.48 bits per heavy atom. The molecule has 1 heterocycles. The van der Waals surface area contributed by atoms with Crippen LogP contribution in [0.4, 0.5) is 4.39 Å². The van der Waals surface area contributed by atoms with E-state index in [0.717, 1.165) is 29.9 Å². The van der Waals surface area contributed by atoms with E-state index in [0.29, 0.717) is 19.1 Å². The topological polar surface area (TPSA) is 36.7 Å². The van der Waals surface area contributed by atoms with E-state index in [-0.39, 0.29) is 17.8 Å². The number of furan rings is 1. The van der Waals surface area contributed by atoms with Gasteiger partial charge in [-0.3, -0.25) is 9.69 Å². The molecule has 1 aliphatic carbocycles. The number of hydrogen-bond acceptors (Lipinski definition) is 3. The van der Waals surface area contributed by atoms with Gasteiger partial charge in [-0.25, -0.2) is 4.39 Å². The summed E-state index contributed by atoms with van der Waals surface area (Å²) in [6.07, 6.45) is 2.12. The average Bonchev–Trinajstić information content (AvgIpc) is 3.34. The SMILES string of the molecule is Cc1ccc(CN(C(=O)CN(C)C(C)c2ccc(F)cc2)C2CC2)o1. The fourth-order valence-corrected chi connectivity index (χ4v) is 2.98. The first-order chi connectivity index (χ1) is 11.9. The van der Waals surface area contributed by atoms with Gasteiger partial charge in [0.05, 0.1) is 13.1 Å². The van der Waals surface area contributed by atoms with Gasteiger partial charge in [0.2, 0.25) is 5.91 Å². The van der Waals surface area contributed by atoms with Gasteiger partial charge in [0.15, 0.2) is 0 Å². The molecule has 0 saturated heterocycles. The summed E-state index contributed by atoms with van der Waals surface area (Å²) < 4.78 is 18.7. The summed E-state index contributed by atoms with van der Waals surface area (Å²) in [5.74, 6) is 1.54. The predicted molar refractivity (Wildman–Crippen MR) is 94.5 cm³/mol. The van der Waals surface area contributed by atoms with Gasteiger partial charge in [0, 0.05) is 12.1 Å². The zero-order valence-corrected chi connectivity index (χ0v) is 15.0. The summed E-state index contributed by atoms with van der Waals surface area (Å²) in [4.78, 5) is 16.7. The molecule has 4 nitrogen and oxygen atoms in total. The van der Waals surface area contributed by atoms with Crippen molar-refractivity contribution in [2.75, 3.05) is 13.6 Å². The third-order valence-electron chi connectivity index (χ3n) is 4.83. The zero-order valence-electron chi connectivity index (χ0n) is 15.0. The number of benzene rings is 1. The minimum Gasteiger partial charge on any atom is -0.464 e. The van der Waals surface area contributed by atoms with E-state index in [2.05, 4.69) is 0 Å². The molecule has 1 aromatic carbocycles. The van der Waals surface area contributed by atoms with Gasteiger partial charge in [-0.2, -0.15) is 0 Å². The van der Waals surface area contributed by atoms with Gasteiger partial charge in [-0.1, -0.05) is 12.1 Å². The standard InChI is InChI=1S/C20H25FN2O2/c1-14-4-11-19(25-14)12-23(18-9-10-18)20(24)13-22(3)15(2)16-5-7-17(21)8-6-16/h4-8,11,15,18H,9-10,12-13H2,1-3H3. The van der Waals surface area contributed by atoms with Gasteiger partial charge in [0.25, 0.3) is 0 Å². The second-order valence-corrected chi connectivity index (χ2v) is 6.91. The molecule has 1 atom stereocenters. The number of aryl methyl sites for hydroxylation is 1. The molecule has 1 fully saturated rings. The van der Waals surface area contributed by atoms with Crippen LogP contribution in [0.2, 0.25) is 0 Å². The summed E-state index contributed by atoms with van der Waals surface area (Å²) in [5, 5.41) is 0. The van der Waals surface area contributed by atoms with Gasteiger partial charge >= 0.3 is 0 Å². The summed E-state index contributed by atoms with van der Waals surface area (Å²) in [7, 11) is 1.92. The largest absolute Gasteiger partial charge is 0.464 e. The maximum Gasteiger partial charge on any atom is 0.237 e. The van der Waals surface area contributed by atoms with Crippen LogP contribution in [0.15, 0.2) is 40.8 Å². The summed E-state index contributed by atoms with van der Waals surface area (Å²) >= 11 is 0. The van der Waals surface area contributed by atoms with Crippen LogP contribution in [0.1, 0.15) is 42.9 Å². The molecule has 134 valence electrons. The summed E-state index contributed by atoms with van der Waals surface area (Å²) in [6.45, 7) is 4.79. The summed E-state index contributed by atoms with van der Waals surface area (Å²) in [6, 6.07) is 10.7. The highest BCUT2D eigenvalue weighted by Crippen LogP contribution is 2.29. The third kappa shape index (κ3) is 4.48. The lowest BCUT2D eigenvalue weighted by Gasteiger charge is -2.28. The molecule has 0 N–H and O–H groups in total. The van der Waals surface area contributed by atoms with Crippen molar-refractivity contribution in [3.05, 3.63) is 59.3 Å². The molecule has 1 amide bonds. The van der Waals surface area contributed by atoms with Crippen LogP contribution in [0.25, 0.3) is 0 Å². The minimum absolute atomic E-state index is 0.0384. The maximum atomic E-state index is 13.1. The molecule has 0 aliphatic heterocycles. The van der Waals surface area contributed by atoms with Crippen LogP contribution < -0.4 is 0 Å². The van der Waals surface area contributed by atoms with Crippen LogP contribution >= 0.6 is 0 Å². The van der Waals surface area contributed by atoms with Crippen molar-refractivity contribution in [1.82, 2.24) is 9.80 Å². The van der Waals surface area contributed by atoms with E-state index >= 15 is 0 Å². The number of amides is 1.